The van der Waals surface area contributed by atoms with Gasteiger partial charge in [0.05, 0.1) is 6.20 Å². The summed E-state index contributed by atoms with van der Waals surface area (Å²) in [5.41, 5.74) is 0. The van der Waals surface area contributed by atoms with E-state index in [1.807, 2.05) is 0 Å². The maximum Gasteiger partial charge on any atom is 0.345 e. The predicted octanol–water partition coefficient (Wildman–Crippen LogP) is 2.42. The number of hydrogen-bond donors (Lipinski definition) is 1. The van der Waals surface area contributed by atoms with Crippen molar-refractivity contribution in [1.29, 1.82) is 0 Å². The van der Waals surface area contributed by atoms with Gasteiger partial charge < -0.3 is 9.84 Å². The number of hydrogen-bond acceptors (Lipinski definition) is 4. The first kappa shape index (κ1) is 10.6. The Kier molecular flexibility index (Phi) is 3.16. The van der Waals surface area contributed by atoms with Gasteiger partial charge in [-0.15, -0.1) is 11.3 Å². The van der Waals surface area contributed by atoms with Crippen LogP contribution in [0.3, 0.4) is 0 Å². The van der Waals surface area contributed by atoms with Crippen LogP contribution in [0.2, 0.25) is 0 Å². The van der Waals surface area contributed by atoms with E-state index in [0.29, 0.717) is 17.2 Å². The maximum atomic E-state index is 10.6. The van der Waals surface area contributed by atoms with Crippen LogP contribution in [-0.4, -0.2) is 16.1 Å². The van der Waals surface area contributed by atoms with Crippen molar-refractivity contribution in [2.75, 3.05) is 0 Å². The lowest BCUT2D eigenvalue weighted by Crippen LogP contribution is -1.93. The highest BCUT2D eigenvalue weighted by atomic mass is 32.1. The summed E-state index contributed by atoms with van der Waals surface area (Å²) >= 11 is 1.22. The van der Waals surface area contributed by atoms with Gasteiger partial charge in [-0.1, -0.05) is 0 Å². The molecule has 1 N–H and O–H groups in total. The van der Waals surface area contributed by atoms with Crippen LogP contribution in [-0.2, 0) is 6.61 Å². The van der Waals surface area contributed by atoms with Crippen LogP contribution in [0.5, 0.6) is 5.75 Å². The number of pyridine rings is 1. The van der Waals surface area contributed by atoms with E-state index in [4.69, 9.17) is 9.84 Å². The van der Waals surface area contributed by atoms with Crippen molar-refractivity contribution < 1.29 is 14.6 Å². The van der Waals surface area contributed by atoms with Gasteiger partial charge in [0.2, 0.25) is 0 Å². The minimum Gasteiger partial charge on any atom is -0.486 e. The Morgan fingerprint density at radius 1 is 1.44 bits per heavy atom. The third-order valence-electron chi connectivity index (χ3n) is 1.89. The molecular formula is C11H9NO3S. The number of nitrogens with zero attached hydrogens (tertiary/aromatic N) is 1. The van der Waals surface area contributed by atoms with Gasteiger partial charge in [-0.3, -0.25) is 4.98 Å². The van der Waals surface area contributed by atoms with Gasteiger partial charge in [-0.2, -0.15) is 0 Å². The van der Waals surface area contributed by atoms with Crippen LogP contribution < -0.4 is 4.74 Å². The lowest BCUT2D eigenvalue weighted by atomic mass is 10.4. The molecule has 0 aromatic carbocycles. The fraction of sp³-hybridized carbons (Fsp3) is 0.0909. The molecule has 0 spiro atoms. The molecule has 2 aromatic rings. The third kappa shape index (κ3) is 2.58. The average molecular weight is 235 g/mol. The highest BCUT2D eigenvalue weighted by Crippen LogP contribution is 2.18. The first-order chi connectivity index (χ1) is 7.75. The monoisotopic (exact) mass is 235 g/mol. The summed E-state index contributed by atoms with van der Waals surface area (Å²) < 4.78 is 5.44. The fourth-order valence-electron chi connectivity index (χ4n) is 1.16. The highest BCUT2D eigenvalue weighted by molar-refractivity contribution is 7.13. The molecule has 2 rings (SSSR count). The quantitative estimate of drug-likeness (QED) is 0.884. The van der Waals surface area contributed by atoms with E-state index in [1.165, 1.54) is 11.3 Å². The van der Waals surface area contributed by atoms with E-state index < -0.39 is 5.97 Å². The second-order valence-electron chi connectivity index (χ2n) is 3.05. The largest absolute Gasteiger partial charge is 0.486 e. The molecule has 0 aliphatic heterocycles. The van der Waals surface area contributed by atoms with E-state index in [2.05, 4.69) is 4.98 Å². The van der Waals surface area contributed by atoms with Crippen molar-refractivity contribution in [3.8, 4) is 5.75 Å². The predicted molar refractivity (Wildman–Crippen MR) is 59.8 cm³/mol. The zero-order valence-corrected chi connectivity index (χ0v) is 9.11. The molecule has 0 unspecified atom stereocenters. The summed E-state index contributed by atoms with van der Waals surface area (Å²) in [6.07, 6.45) is 3.28. The average Bonchev–Trinajstić information content (AvgIpc) is 2.76. The molecule has 0 aliphatic rings. The Morgan fingerprint density at radius 2 is 2.31 bits per heavy atom. The van der Waals surface area contributed by atoms with E-state index >= 15 is 0 Å². The van der Waals surface area contributed by atoms with Crippen molar-refractivity contribution in [2.24, 2.45) is 0 Å². The normalized spacial score (nSPS) is 10.0. The number of aromatic nitrogens is 1. The molecule has 0 aliphatic carbocycles. The summed E-state index contributed by atoms with van der Waals surface area (Å²) in [6, 6.07) is 6.92. The summed E-state index contributed by atoms with van der Waals surface area (Å²) in [5.74, 6) is -0.231. The summed E-state index contributed by atoms with van der Waals surface area (Å²) in [4.78, 5) is 15.8. The summed E-state index contributed by atoms with van der Waals surface area (Å²) in [7, 11) is 0. The van der Waals surface area contributed by atoms with Crippen LogP contribution in [0.4, 0.5) is 0 Å². The lowest BCUT2D eigenvalue weighted by molar-refractivity contribution is 0.0702. The Balaban J connectivity index is 1.97. The number of ether oxygens (including phenoxy) is 1. The van der Waals surface area contributed by atoms with Crippen LogP contribution in [0.15, 0.2) is 36.7 Å². The molecule has 0 radical (unpaired) electrons. The SMILES string of the molecule is O=C(O)c1ccc(COc2cccnc2)s1. The Bertz CT molecular complexity index is 481. The molecule has 0 fully saturated rings. The highest BCUT2D eigenvalue weighted by Gasteiger charge is 2.06. The van der Waals surface area contributed by atoms with Gasteiger partial charge in [0.25, 0.3) is 0 Å². The minimum atomic E-state index is -0.905. The van der Waals surface area contributed by atoms with Crippen LogP contribution >= 0.6 is 11.3 Å². The van der Waals surface area contributed by atoms with Crippen molar-refractivity contribution >= 4 is 17.3 Å². The lowest BCUT2D eigenvalue weighted by Gasteiger charge is -2.02. The fourth-order valence-corrected chi connectivity index (χ4v) is 1.92. The van der Waals surface area contributed by atoms with E-state index in [9.17, 15) is 4.79 Å². The second-order valence-corrected chi connectivity index (χ2v) is 4.22. The van der Waals surface area contributed by atoms with Gasteiger partial charge >= 0.3 is 5.97 Å². The van der Waals surface area contributed by atoms with Crippen molar-refractivity contribution in [2.45, 2.75) is 6.61 Å². The Labute approximate surface area is 96.1 Å². The maximum absolute atomic E-state index is 10.6. The molecule has 4 nitrogen and oxygen atoms in total. The van der Waals surface area contributed by atoms with Crippen molar-refractivity contribution in [3.05, 3.63) is 46.4 Å². The number of rotatable bonds is 4. The first-order valence-electron chi connectivity index (χ1n) is 4.60. The van der Waals surface area contributed by atoms with Gasteiger partial charge in [-0.05, 0) is 24.3 Å². The molecule has 5 heteroatoms. The molecule has 0 bridgehead atoms. The summed E-state index contributed by atoms with van der Waals surface area (Å²) in [6.45, 7) is 0.365. The zero-order valence-electron chi connectivity index (χ0n) is 8.29. The van der Waals surface area contributed by atoms with Gasteiger partial charge in [0.1, 0.15) is 17.2 Å². The van der Waals surface area contributed by atoms with Crippen molar-refractivity contribution in [1.82, 2.24) is 4.98 Å². The zero-order chi connectivity index (χ0) is 11.4. The van der Waals surface area contributed by atoms with Crippen LogP contribution in [0, 0.1) is 0 Å². The molecule has 0 amide bonds. The number of thiophene rings is 1. The molecule has 2 aromatic heterocycles. The van der Waals surface area contributed by atoms with Crippen molar-refractivity contribution in [3.63, 3.8) is 0 Å². The van der Waals surface area contributed by atoms with Gasteiger partial charge in [0.15, 0.2) is 0 Å². The third-order valence-corrected chi connectivity index (χ3v) is 2.93. The molecule has 2 heterocycles. The number of carboxylic acid groups (broad SMARTS) is 1. The van der Waals surface area contributed by atoms with E-state index in [-0.39, 0.29) is 0 Å². The molecular weight excluding hydrogens is 226 g/mol. The molecule has 16 heavy (non-hydrogen) atoms. The topological polar surface area (TPSA) is 59.4 Å². The Morgan fingerprint density at radius 3 is 2.94 bits per heavy atom. The number of aromatic carboxylic acids is 1. The first-order valence-corrected chi connectivity index (χ1v) is 5.42. The summed E-state index contributed by atoms with van der Waals surface area (Å²) in [5, 5.41) is 8.74. The molecule has 0 saturated carbocycles. The molecule has 0 atom stereocenters. The smallest absolute Gasteiger partial charge is 0.345 e. The minimum absolute atomic E-state index is 0.324. The Hall–Kier alpha value is -1.88. The second kappa shape index (κ2) is 4.76. The van der Waals surface area contributed by atoms with Gasteiger partial charge in [-0.25, -0.2) is 4.79 Å². The number of carboxylic acids is 1. The number of carbonyl (C=O) groups is 1. The van der Waals surface area contributed by atoms with Crippen LogP contribution in [0.1, 0.15) is 14.5 Å². The van der Waals surface area contributed by atoms with Gasteiger partial charge in [0, 0.05) is 11.1 Å². The van der Waals surface area contributed by atoms with Crippen LogP contribution in [0.25, 0.3) is 0 Å². The molecule has 82 valence electrons. The van der Waals surface area contributed by atoms with E-state index in [1.54, 1.807) is 36.7 Å². The standard InChI is InChI=1S/C11H9NO3S/c13-11(14)10-4-3-9(16-10)7-15-8-2-1-5-12-6-8/h1-6H,7H2,(H,13,14). The van der Waals surface area contributed by atoms with E-state index in [0.717, 1.165) is 4.88 Å². The molecule has 0 saturated heterocycles.